The highest BCUT2D eigenvalue weighted by Crippen LogP contribution is 2.21. The van der Waals surface area contributed by atoms with Crippen LogP contribution in [-0.4, -0.2) is 29.0 Å². The third-order valence-corrected chi connectivity index (χ3v) is 2.95. The molecule has 4 heteroatoms. The van der Waals surface area contributed by atoms with E-state index >= 15 is 0 Å². The number of anilines is 1. The molecule has 1 aliphatic rings. The van der Waals surface area contributed by atoms with Crippen LogP contribution < -0.4 is 5.32 Å². The van der Waals surface area contributed by atoms with Crippen LogP contribution >= 0.6 is 0 Å². The van der Waals surface area contributed by atoms with Crippen molar-refractivity contribution in [3.05, 3.63) is 11.4 Å². The Kier molecular flexibility index (Phi) is 2.95. The molecule has 84 valence electrons. The van der Waals surface area contributed by atoms with E-state index in [4.69, 9.17) is 4.74 Å². The van der Waals surface area contributed by atoms with Crippen LogP contribution in [0, 0.1) is 13.8 Å². The fraction of sp³-hybridized carbons (Fsp3) is 0.727. The van der Waals surface area contributed by atoms with Crippen LogP contribution in [0.15, 0.2) is 0 Å². The van der Waals surface area contributed by atoms with Crippen molar-refractivity contribution in [3.8, 4) is 0 Å². The van der Waals surface area contributed by atoms with Gasteiger partial charge in [0.05, 0.1) is 29.3 Å². The summed E-state index contributed by atoms with van der Waals surface area (Å²) in [5.74, 6) is 0. The predicted molar refractivity (Wildman–Crippen MR) is 60.1 cm³/mol. The zero-order valence-electron chi connectivity index (χ0n) is 9.63. The number of H-pyrrole nitrogens is 1. The van der Waals surface area contributed by atoms with Crippen molar-refractivity contribution in [1.82, 2.24) is 10.2 Å². The Bertz CT molecular complexity index is 315. The molecular weight excluding hydrogens is 190 g/mol. The number of ether oxygens (including phenoxy) is 1. The highest BCUT2D eigenvalue weighted by atomic mass is 16.5. The van der Waals surface area contributed by atoms with Crippen molar-refractivity contribution in [3.63, 3.8) is 0 Å². The number of hydrogen-bond donors (Lipinski definition) is 2. The van der Waals surface area contributed by atoms with Gasteiger partial charge in [-0.25, -0.2) is 0 Å². The first-order valence-electron chi connectivity index (χ1n) is 5.57. The number of aryl methyl sites for hydroxylation is 2. The SMILES string of the molecule is Cc1n[nH]c(C)c1NCC1CCC(C)O1. The zero-order valence-corrected chi connectivity index (χ0v) is 9.63. The molecule has 1 aliphatic heterocycles. The molecule has 1 aromatic rings. The van der Waals surface area contributed by atoms with Gasteiger partial charge in [-0.05, 0) is 33.6 Å². The summed E-state index contributed by atoms with van der Waals surface area (Å²) in [5.41, 5.74) is 3.25. The minimum atomic E-state index is 0.355. The number of rotatable bonds is 3. The van der Waals surface area contributed by atoms with Crippen molar-refractivity contribution < 1.29 is 4.74 Å². The first kappa shape index (κ1) is 10.5. The average molecular weight is 209 g/mol. The molecule has 1 aromatic heterocycles. The number of nitrogens with zero attached hydrogens (tertiary/aromatic N) is 1. The zero-order chi connectivity index (χ0) is 10.8. The summed E-state index contributed by atoms with van der Waals surface area (Å²) in [7, 11) is 0. The van der Waals surface area contributed by atoms with Gasteiger partial charge in [-0.3, -0.25) is 5.10 Å². The van der Waals surface area contributed by atoms with E-state index in [2.05, 4.69) is 22.4 Å². The molecule has 0 spiro atoms. The standard InChI is InChI=1S/C11H19N3O/c1-7-4-5-10(15-7)6-12-11-8(2)13-14-9(11)3/h7,10,12H,4-6H2,1-3H3,(H,13,14). The smallest absolute Gasteiger partial charge is 0.0825 e. The van der Waals surface area contributed by atoms with E-state index in [-0.39, 0.29) is 0 Å². The molecule has 2 unspecified atom stereocenters. The molecule has 0 aromatic carbocycles. The van der Waals surface area contributed by atoms with Crippen molar-refractivity contribution in [2.45, 2.75) is 45.8 Å². The van der Waals surface area contributed by atoms with Crippen molar-refractivity contribution in [1.29, 1.82) is 0 Å². The molecule has 2 N–H and O–H groups in total. The molecule has 0 radical (unpaired) electrons. The lowest BCUT2D eigenvalue weighted by atomic mass is 10.2. The Balaban J connectivity index is 1.88. The van der Waals surface area contributed by atoms with E-state index in [9.17, 15) is 0 Å². The molecule has 1 saturated heterocycles. The fourth-order valence-electron chi connectivity index (χ4n) is 2.06. The molecular formula is C11H19N3O. The van der Waals surface area contributed by atoms with Gasteiger partial charge in [0.25, 0.3) is 0 Å². The summed E-state index contributed by atoms with van der Waals surface area (Å²) in [4.78, 5) is 0. The largest absolute Gasteiger partial charge is 0.379 e. The summed E-state index contributed by atoms with van der Waals surface area (Å²) in [6.07, 6.45) is 3.11. The Morgan fingerprint density at radius 2 is 2.27 bits per heavy atom. The lowest BCUT2D eigenvalue weighted by Gasteiger charge is -2.13. The number of nitrogens with one attached hydrogen (secondary N) is 2. The van der Waals surface area contributed by atoms with Crippen LogP contribution in [0.3, 0.4) is 0 Å². The molecule has 0 bridgehead atoms. The lowest BCUT2D eigenvalue weighted by molar-refractivity contribution is 0.0637. The van der Waals surface area contributed by atoms with E-state index < -0.39 is 0 Å². The Hall–Kier alpha value is -1.03. The minimum absolute atomic E-state index is 0.355. The second-order valence-corrected chi connectivity index (χ2v) is 4.34. The van der Waals surface area contributed by atoms with Crippen molar-refractivity contribution in [2.24, 2.45) is 0 Å². The second kappa shape index (κ2) is 4.23. The quantitative estimate of drug-likeness (QED) is 0.800. The number of hydrogen-bond acceptors (Lipinski definition) is 3. The van der Waals surface area contributed by atoms with Crippen LogP contribution in [0.5, 0.6) is 0 Å². The molecule has 0 aliphatic carbocycles. The van der Waals surface area contributed by atoms with E-state index in [0.29, 0.717) is 12.2 Å². The first-order chi connectivity index (χ1) is 7.16. The maximum absolute atomic E-state index is 5.75. The Morgan fingerprint density at radius 1 is 1.47 bits per heavy atom. The van der Waals surface area contributed by atoms with E-state index in [0.717, 1.165) is 30.0 Å². The van der Waals surface area contributed by atoms with Gasteiger partial charge in [-0.2, -0.15) is 5.10 Å². The molecule has 2 atom stereocenters. The van der Waals surface area contributed by atoms with E-state index in [1.54, 1.807) is 0 Å². The molecule has 2 heterocycles. The van der Waals surface area contributed by atoms with Crippen LogP contribution in [0.1, 0.15) is 31.2 Å². The van der Waals surface area contributed by atoms with Crippen LogP contribution in [0.25, 0.3) is 0 Å². The highest BCUT2D eigenvalue weighted by Gasteiger charge is 2.21. The van der Waals surface area contributed by atoms with Gasteiger partial charge in [-0.1, -0.05) is 0 Å². The lowest BCUT2D eigenvalue weighted by Crippen LogP contribution is -2.20. The first-order valence-corrected chi connectivity index (χ1v) is 5.57. The van der Waals surface area contributed by atoms with Crippen LogP contribution in [0.2, 0.25) is 0 Å². The molecule has 15 heavy (non-hydrogen) atoms. The van der Waals surface area contributed by atoms with Crippen molar-refractivity contribution >= 4 is 5.69 Å². The topological polar surface area (TPSA) is 49.9 Å². The van der Waals surface area contributed by atoms with Crippen LogP contribution in [0.4, 0.5) is 5.69 Å². The number of aromatic amines is 1. The highest BCUT2D eigenvalue weighted by molar-refractivity contribution is 5.51. The molecule has 4 nitrogen and oxygen atoms in total. The van der Waals surface area contributed by atoms with Gasteiger partial charge >= 0.3 is 0 Å². The van der Waals surface area contributed by atoms with Gasteiger partial charge < -0.3 is 10.1 Å². The maximum atomic E-state index is 5.75. The monoisotopic (exact) mass is 209 g/mol. The van der Waals surface area contributed by atoms with Gasteiger partial charge in [0, 0.05) is 6.54 Å². The molecule has 0 amide bonds. The second-order valence-electron chi connectivity index (χ2n) is 4.34. The summed E-state index contributed by atoms with van der Waals surface area (Å²) in [5, 5.41) is 10.5. The minimum Gasteiger partial charge on any atom is -0.379 e. The van der Waals surface area contributed by atoms with Gasteiger partial charge in [0.1, 0.15) is 0 Å². The fourth-order valence-corrected chi connectivity index (χ4v) is 2.06. The van der Waals surface area contributed by atoms with E-state index in [1.165, 1.54) is 6.42 Å². The van der Waals surface area contributed by atoms with Gasteiger partial charge in [0.2, 0.25) is 0 Å². The van der Waals surface area contributed by atoms with Crippen LogP contribution in [-0.2, 0) is 4.74 Å². The van der Waals surface area contributed by atoms with Gasteiger partial charge in [0.15, 0.2) is 0 Å². The normalized spacial score (nSPS) is 25.8. The maximum Gasteiger partial charge on any atom is 0.0825 e. The molecule has 2 rings (SSSR count). The average Bonchev–Trinajstić information content (AvgIpc) is 2.73. The third-order valence-electron chi connectivity index (χ3n) is 2.95. The summed E-state index contributed by atoms with van der Waals surface area (Å²) in [6, 6.07) is 0. The predicted octanol–water partition coefficient (Wildman–Crippen LogP) is 2.01. The summed E-state index contributed by atoms with van der Waals surface area (Å²) < 4.78 is 5.75. The van der Waals surface area contributed by atoms with Crippen molar-refractivity contribution in [2.75, 3.05) is 11.9 Å². The van der Waals surface area contributed by atoms with E-state index in [1.807, 2.05) is 13.8 Å². The Labute approximate surface area is 90.4 Å². The third kappa shape index (κ3) is 2.31. The summed E-state index contributed by atoms with van der Waals surface area (Å²) in [6.45, 7) is 7.05. The Morgan fingerprint density at radius 3 is 2.80 bits per heavy atom. The number of aromatic nitrogens is 2. The summed E-state index contributed by atoms with van der Waals surface area (Å²) >= 11 is 0. The molecule has 1 fully saturated rings. The molecule has 0 saturated carbocycles. The van der Waals surface area contributed by atoms with Gasteiger partial charge in [-0.15, -0.1) is 0 Å².